The third-order valence-electron chi connectivity index (χ3n) is 5.88. The van der Waals surface area contributed by atoms with E-state index in [0.717, 1.165) is 28.3 Å². The molecule has 0 spiro atoms. The molecule has 0 radical (unpaired) electrons. The Balaban J connectivity index is 1.86. The molecule has 1 aliphatic heterocycles. The van der Waals surface area contributed by atoms with Crippen molar-refractivity contribution in [3.8, 4) is 5.69 Å². The van der Waals surface area contributed by atoms with Gasteiger partial charge in [-0.3, -0.25) is 4.98 Å². The van der Waals surface area contributed by atoms with Gasteiger partial charge in [-0.05, 0) is 62.0 Å². The molecule has 1 aromatic carbocycles. The monoisotopic (exact) mass is 450 g/mol. The molecule has 1 fully saturated rings. The second-order valence-corrected chi connectivity index (χ2v) is 8.10. The van der Waals surface area contributed by atoms with Crippen molar-refractivity contribution in [2.45, 2.75) is 25.9 Å². The molecule has 1 saturated heterocycles. The zero-order valence-corrected chi connectivity index (χ0v) is 19.1. The number of hydrogen-bond donors (Lipinski definition) is 2. The summed E-state index contributed by atoms with van der Waals surface area (Å²) in [7, 11) is 1.38. The average Bonchev–Trinajstić information content (AvgIpc) is 3.29. The lowest BCUT2D eigenvalue weighted by atomic mass is 9.97. The van der Waals surface area contributed by atoms with Crippen molar-refractivity contribution in [1.82, 2.24) is 19.8 Å². The Kier molecular flexibility index (Phi) is 6.25. The molecule has 0 unspecified atom stereocenters. The smallest absolute Gasteiger partial charge is 0.339 e. The maximum Gasteiger partial charge on any atom is 0.339 e. The van der Waals surface area contributed by atoms with Gasteiger partial charge < -0.3 is 24.6 Å². The first-order chi connectivity index (χ1) is 15.5. The largest absolute Gasteiger partial charge is 0.465 e. The number of pyridine rings is 1. The molecule has 7 nitrogen and oxygen atoms in total. The summed E-state index contributed by atoms with van der Waals surface area (Å²) in [5.41, 5.74) is 5.16. The van der Waals surface area contributed by atoms with Crippen molar-refractivity contribution in [2.75, 3.05) is 20.3 Å². The van der Waals surface area contributed by atoms with E-state index >= 15 is 0 Å². The van der Waals surface area contributed by atoms with Crippen LogP contribution in [0.3, 0.4) is 0 Å². The number of aryl methyl sites for hydroxylation is 1. The Morgan fingerprint density at radius 3 is 2.66 bits per heavy atom. The van der Waals surface area contributed by atoms with E-state index in [1.165, 1.54) is 7.11 Å². The molecule has 8 heteroatoms. The maximum absolute atomic E-state index is 12.4. The molecule has 4 rings (SSSR count). The summed E-state index contributed by atoms with van der Waals surface area (Å²) in [6, 6.07) is 15.0. The van der Waals surface area contributed by atoms with Crippen LogP contribution in [0.25, 0.3) is 5.69 Å². The van der Waals surface area contributed by atoms with Gasteiger partial charge in [-0.15, -0.1) is 0 Å². The van der Waals surface area contributed by atoms with Gasteiger partial charge in [0.2, 0.25) is 0 Å². The minimum absolute atomic E-state index is 0.0167. The third kappa shape index (κ3) is 3.76. The number of ether oxygens (including phenoxy) is 1. The van der Waals surface area contributed by atoms with E-state index in [9.17, 15) is 9.90 Å². The van der Waals surface area contributed by atoms with Crippen LogP contribution in [0.1, 0.15) is 45.1 Å². The van der Waals surface area contributed by atoms with Gasteiger partial charge >= 0.3 is 5.97 Å². The van der Waals surface area contributed by atoms with Gasteiger partial charge in [0, 0.05) is 24.1 Å². The lowest BCUT2D eigenvalue weighted by molar-refractivity contribution is 0.0600. The van der Waals surface area contributed by atoms with Crippen molar-refractivity contribution in [1.29, 1.82) is 0 Å². The van der Waals surface area contributed by atoms with Crippen molar-refractivity contribution in [2.24, 2.45) is 0 Å². The average molecular weight is 451 g/mol. The van der Waals surface area contributed by atoms with E-state index in [2.05, 4.69) is 20.9 Å². The zero-order chi connectivity index (χ0) is 22.8. The molecule has 1 aliphatic rings. The predicted octanol–water partition coefficient (Wildman–Crippen LogP) is 3.24. The standard InChI is InChI=1S/C24H26N4O3S/c1-15-14-18(16(2)28(15)20-10-5-4-8-17(20)23(30)31-3)22-21(19-9-6-7-11-25-19)26-24(32)27(22)12-13-29/h4-11,14,21-22,29H,12-13H2,1-3H3,(H,26,32)/t21-,22-/m0/s1. The van der Waals surface area contributed by atoms with Crippen LogP contribution in [0.4, 0.5) is 0 Å². The number of thiocarbonyl (C=S) groups is 1. The molecule has 0 bridgehead atoms. The number of β-amino-alcohol motifs (C(OH)–C–C–N with tert-alkyl or cyclic N) is 1. The second-order valence-electron chi connectivity index (χ2n) is 7.71. The number of carbonyl (C=O) groups is 1. The lowest BCUT2D eigenvalue weighted by Crippen LogP contribution is -2.32. The summed E-state index contributed by atoms with van der Waals surface area (Å²) in [4.78, 5) is 19.0. The molecular weight excluding hydrogens is 424 g/mol. The van der Waals surface area contributed by atoms with Gasteiger partial charge in [0.25, 0.3) is 0 Å². The molecule has 3 aromatic rings. The number of rotatable bonds is 6. The number of methoxy groups -OCH3 is 1. The fraction of sp³-hybridized carbons (Fsp3) is 0.292. The molecule has 166 valence electrons. The molecule has 0 aliphatic carbocycles. The van der Waals surface area contributed by atoms with Crippen molar-refractivity contribution in [3.05, 3.63) is 82.9 Å². The molecule has 0 amide bonds. The highest BCUT2D eigenvalue weighted by Gasteiger charge is 2.41. The molecule has 3 heterocycles. The van der Waals surface area contributed by atoms with E-state index in [1.807, 2.05) is 55.1 Å². The second kappa shape index (κ2) is 9.10. The zero-order valence-electron chi connectivity index (χ0n) is 18.3. The summed E-state index contributed by atoms with van der Waals surface area (Å²) in [6.45, 7) is 4.43. The van der Waals surface area contributed by atoms with Crippen LogP contribution in [0.5, 0.6) is 0 Å². The highest BCUT2D eigenvalue weighted by molar-refractivity contribution is 7.80. The molecule has 2 atom stereocenters. The number of carbonyl (C=O) groups excluding carboxylic acids is 1. The summed E-state index contributed by atoms with van der Waals surface area (Å²) in [5, 5.41) is 13.7. The highest BCUT2D eigenvalue weighted by atomic mass is 32.1. The van der Waals surface area contributed by atoms with Crippen LogP contribution >= 0.6 is 12.2 Å². The quantitative estimate of drug-likeness (QED) is 0.441. The number of hydrogen-bond acceptors (Lipinski definition) is 5. The Morgan fingerprint density at radius 1 is 1.22 bits per heavy atom. The van der Waals surface area contributed by atoms with Crippen molar-refractivity contribution >= 4 is 23.3 Å². The SMILES string of the molecule is COC(=O)c1ccccc1-n1c(C)cc([C@H]2[C@H](c3ccccn3)NC(=S)N2CCO)c1C. The maximum atomic E-state index is 12.4. The number of esters is 1. The van der Waals surface area contributed by atoms with Gasteiger partial charge in [0.15, 0.2) is 5.11 Å². The van der Waals surface area contributed by atoms with E-state index in [1.54, 1.807) is 12.3 Å². The summed E-state index contributed by atoms with van der Waals surface area (Å²) < 4.78 is 7.06. The Hall–Kier alpha value is -3.23. The number of aromatic nitrogens is 2. The van der Waals surface area contributed by atoms with Crippen LogP contribution in [0, 0.1) is 13.8 Å². The van der Waals surface area contributed by atoms with E-state index < -0.39 is 0 Å². The van der Waals surface area contributed by atoms with Gasteiger partial charge in [0.05, 0.1) is 42.7 Å². The van der Waals surface area contributed by atoms with Crippen LogP contribution < -0.4 is 5.32 Å². The van der Waals surface area contributed by atoms with Crippen LogP contribution in [-0.2, 0) is 4.74 Å². The third-order valence-corrected chi connectivity index (χ3v) is 6.23. The van der Waals surface area contributed by atoms with Crippen molar-refractivity contribution < 1.29 is 14.6 Å². The number of aliphatic hydroxyl groups is 1. The topological polar surface area (TPSA) is 79.6 Å². The molecule has 2 N–H and O–H groups in total. The number of benzene rings is 1. The van der Waals surface area contributed by atoms with Gasteiger partial charge in [-0.2, -0.15) is 0 Å². The lowest BCUT2D eigenvalue weighted by Gasteiger charge is -2.27. The molecule has 0 saturated carbocycles. The number of nitrogens with one attached hydrogen (secondary N) is 1. The predicted molar refractivity (Wildman–Crippen MR) is 126 cm³/mol. The normalized spacial score (nSPS) is 18.0. The summed E-state index contributed by atoms with van der Waals surface area (Å²) in [5.74, 6) is -0.383. The minimum atomic E-state index is -0.383. The highest BCUT2D eigenvalue weighted by Crippen LogP contribution is 2.41. The van der Waals surface area contributed by atoms with Crippen LogP contribution in [0.15, 0.2) is 54.7 Å². The fourth-order valence-electron chi connectivity index (χ4n) is 4.50. The molecule has 32 heavy (non-hydrogen) atoms. The van der Waals surface area contributed by atoms with E-state index in [-0.39, 0.29) is 24.7 Å². The minimum Gasteiger partial charge on any atom is -0.465 e. The number of nitrogens with zero attached hydrogens (tertiary/aromatic N) is 3. The van der Waals surface area contributed by atoms with E-state index in [4.69, 9.17) is 17.0 Å². The molecular formula is C24H26N4O3S. The van der Waals surface area contributed by atoms with E-state index in [0.29, 0.717) is 17.2 Å². The first-order valence-corrected chi connectivity index (χ1v) is 10.8. The Bertz CT molecular complexity index is 1150. The Labute approximate surface area is 192 Å². The number of para-hydroxylation sites is 1. The number of aliphatic hydroxyl groups excluding tert-OH is 1. The van der Waals surface area contributed by atoms with Gasteiger partial charge in [0.1, 0.15) is 0 Å². The molecule has 2 aromatic heterocycles. The van der Waals surface area contributed by atoms with Crippen LogP contribution in [-0.4, -0.2) is 50.9 Å². The first-order valence-electron chi connectivity index (χ1n) is 10.4. The Morgan fingerprint density at radius 2 is 1.97 bits per heavy atom. The first kappa shape index (κ1) is 22.0. The fourth-order valence-corrected chi connectivity index (χ4v) is 4.83. The van der Waals surface area contributed by atoms with Crippen LogP contribution in [0.2, 0.25) is 0 Å². The van der Waals surface area contributed by atoms with Gasteiger partial charge in [-0.1, -0.05) is 18.2 Å². The van der Waals surface area contributed by atoms with Gasteiger partial charge in [-0.25, -0.2) is 4.79 Å². The summed E-state index contributed by atoms with van der Waals surface area (Å²) >= 11 is 5.62. The summed E-state index contributed by atoms with van der Waals surface area (Å²) in [6.07, 6.45) is 1.77. The van der Waals surface area contributed by atoms with Crippen molar-refractivity contribution in [3.63, 3.8) is 0 Å².